The van der Waals surface area contributed by atoms with Crippen LogP contribution < -0.4 is 10.2 Å². The van der Waals surface area contributed by atoms with Crippen molar-refractivity contribution in [2.75, 3.05) is 6.61 Å². The van der Waals surface area contributed by atoms with Gasteiger partial charge in [0.15, 0.2) is 6.61 Å². The number of hydrogen-bond acceptors (Lipinski definition) is 4. The van der Waals surface area contributed by atoms with Crippen LogP contribution in [0.3, 0.4) is 0 Å². The number of ether oxygens (including phenoxy) is 1. The first kappa shape index (κ1) is 17.5. The van der Waals surface area contributed by atoms with Crippen LogP contribution >= 0.6 is 0 Å². The summed E-state index contributed by atoms with van der Waals surface area (Å²) in [4.78, 5) is 11.7. The molecule has 2 aromatic carbocycles. The van der Waals surface area contributed by atoms with Gasteiger partial charge >= 0.3 is 0 Å². The highest BCUT2D eigenvalue weighted by molar-refractivity contribution is 5.83. The summed E-state index contributed by atoms with van der Waals surface area (Å²) in [5.41, 5.74) is 4.43. The monoisotopic (exact) mass is 326 g/mol. The maximum absolute atomic E-state index is 11.7. The highest BCUT2D eigenvalue weighted by Gasteiger charge is 2.04. The van der Waals surface area contributed by atoms with E-state index in [1.165, 1.54) is 11.8 Å². The Morgan fingerprint density at radius 1 is 1.21 bits per heavy atom. The Bertz CT molecular complexity index is 679. The zero-order valence-electron chi connectivity index (χ0n) is 13.9. The van der Waals surface area contributed by atoms with E-state index in [4.69, 9.17) is 4.74 Å². The van der Waals surface area contributed by atoms with Crippen molar-refractivity contribution >= 4 is 12.1 Å². The van der Waals surface area contributed by atoms with Gasteiger partial charge in [0.2, 0.25) is 0 Å². The Morgan fingerprint density at radius 2 is 1.88 bits per heavy atom. The van der Waals surface area contributed by atoms with Crippen LogP contribution in [0.15, 0.2) is 53.6 Å². The van der Waals surface area contributed by atoms with Crippen LogP contribution in [0.2, 0.25) is 0 Å². The van der Waals surface area contributed by atoms with Crippen molar-refractivity contribution in [3.8, 4) is 11.5 Å². The molecule has 2 rings (SSSR count). The number of rotatable bonds is 7. The van der Waals surface area contributed by atoms with Gasteiger partial charge in [0.25, 0.3) is 5.91 Å². The maximum atomic E-state index is 11.7. The number of benzene rings is 2. The van der Waals surface area contributed by atoms with Crippen molar-refractivity contribution in [3.05, 3.63) is 59.7 Å². The molecular formula is C19H22N2O3. The highest BCUT2D eigenvalue weighted by atomic mass is 16.5. The Balaban J connectivity index is 1.77. The van der Waals surface area contributed by atoms with Crippen molar-refractivity contribution in [2.24, 2.45) is 5.10 Å². The molecule has 5 heteroatoms. The highest BCUT2D eigenvalue weighted by Crippen LogP contribution is 2.21. The van der Waals surface area contributed by atoms with E-state index in [2.05, 4.69) is 24.4 Å². The third-order valence-corrected chi connectivity index (χ3v) is 3.73. The summed E-state index contributed by atoms with van der Waals surface area (Å²) in [6.07, 6.45) is 2.58. The van der Waals surface area contributed by atoms with E-state index in [1.807, 2.05) is 24.3 Å². The second-order valence-electron chi connectivity index (χ2n) is 5.55. The fraction of sp³-hybridized carbons (Fsp3) is 0.263. The summed E-state index contributed by atoms with van der Waals surface area (Å²) in [5, 5.41) is 13.0. The topological polar surface area (TPSA) is 70.9 Å². The third-order valence-electron chi connectivity index (χ3n) is 3.73. The van der Waals surface area contributed by atoms with Gasteiger partial charge in [-0.05, 0) is 59.9 Å². The molecule has 5 nitrogen and oxygen atoms in total. The lowest BCUT2D eigenvalue weighted by Crippen LogP contribution is -2.24. The summed E-state index contributed by atoms with van der Waals surface area (Å²) in [6.45, 7) is 4.23. The van der Waals surface area contributed by atoms with Crippen molar-refractivity contribution in [2.45, 2.75) is 26.2 Å². The first-order chi connectivity index (χ1) is 11.6. The lowest BCUT2D eigenvalue weighted by Gasteiger charge is -2.10. The van der Waals surface area contributed by atoms with Crippen molar-refractivity contribution < 1.29 is 14.6 Å². The number of phenols is 1. The van der Waals surface area contributed by atoms with Gasteiger partial charge in [0.1, 0.15) is 11.5 Å². The number of nitrogens with zero attached hydrogens (tertiary/aromatic N) is 1. The number of hydrazone groups is 1. The molecule has 0 saturated heterocycles. The van der Waals surface area contributed by atoms with Crippen molar-refractivity contribution in [1.82, 2.24) is 5.43 Å². The van der Waals surface area contributed by atoms with E-state index in [0.717, 1.165) is 12.0 Å². The Hall–Kier alpha value is -2.82. The van der Waals surface area contributed by atoms with E-state index in [-0.39, 0.29) is 18.3 Å². The van der Waals surface area contributed by atoms with Gasteiger partial charge in [-0.3, -0.25) is 4.79 Å². The number of nitrogens with one attached hydrogen (secondary N) is 1. The number of carbonyl (C=O) groups is 1. The molecule has 1 unspecified atom stereocenters. The zero-order chi connectivity index (χ0) is 17.4. The zero-order valence-corrected chi connectivity index (χ0v) is 13.9. The second-order valence-corrected chi connectivity index (χ2v) is 5.55. The predicted octanol–water partition coefficient (Wildman–Crippen LogP) is 3.43. The van der Waals surface area contributed by atoms with Crippen LogP contribution in [0.1, 0.15) is 37.3 Å². The van der Waals surface area contributed by atoms with E-state index in [0.29, 0.717) is 11.7 Å². The van der Waals surface area contributed by atoms with Gasteiger partial charge in [0.05, 0.1) is 6.21 Å². The maximum Gasteiger partial charge on any atom is 0.277 e. The molecule has 0 heterocycles. The Labute approximate surface area is 142 Å². The summed E-state index contributed by atoms with van der Waals surface area (Å²) in [6, 6.07) is 14.3. The molecular weight excluding hydrogens is 304 g/mol. The van der Waals surface area contributed by atoms with E-state index < -0.39 is 0 Å². The van der Waals surface area contributed by atoms with Crippen molar-refractivity contribution in [3.63, 3.8) is 0 Å². The molecule has 126 valence electrons. The molecule has 2 N–H and O–H groups in total. The molecule has 0 spiro atoms. The molecule has 0 aromatic heterocycles. The summed E-state index contributed by atoms with van der Waals surface area (Å²) in [7, 11) is 0. The van der Waals surface area contributed by atoms with Crippen LogP contribution in [0.25, 0.3) is 0 Å². The largest absolute Gasteiger partial charge is 0.508 e. The van der Waals surface area contributed by atoms with Crippen LogP contribution in [-0.2, 0) is 4.79 Å². The van der Waals surface area contributed by atoms with Gasteiger partial charge in [0, 0.05) is 0 Å². The Kier molecular flexibility index (Phi) is 6.37. The molecule has 0 saturated carbocycles. The SMILES string of the molecule is CCC(C)c1ccc(OCC(=O)N/N=C/c2ccc(O)cc2)cc1. The minimum Gasteiger partial charge on any atom is -0.508 e. The summed E-state index contributed by atoms with van der Waals surface area (Å²) in [5.74, 6) is 1.01. The fourth-order valence-electron chi connectivity index (χ4n) is 2.05. The third kappa shape index (κ3) is 5.43. The predicted molar refractivity (Wildman–Crippen MR) is 94.5 cm³/mol. The molecule has 0 bridgehead atoms. The molecule has 0 aliphatic carbocycles. The van der Waals surface area contributed by atoms with Crippen LogP contribution in [-0.4, -0.2) is 23.8 Å². The fourth-order valence-corrected chi connectivity index (χ4v) is 2.05. The number of amides is 1. The number of hydrogen-bond donors (Lipinski definition) is 2. The van der Waals surface area contributed by atoms with Gasteiger partial charge in [-0.1, -0.05) is 26.0 Å². The average molecular weight is 326 g/mol. The number of phenolic OH excluding ortho intramolecular Hbond substituents is 1. The normalized spacial score (nSPS) is 12.1. The van der Waals surface area contributed by atoms with E-state index >= 15 is 0 Å². The minimum atomic E-state index is -0.337. The van der Waals surface area contributed by atoms with Gasteiger partial charge in [-0.15, -0.1) is 0 Å². The first-order valence-electron chi connectivity index (χ1n) is 7.92. The smallest absolute Gasteiger partial charge is 0.277 e. The van der Waals surface area contributed by atoms with Gasteiger partial charge in [-0.25, -0.2) is 5.43 Å². The quantitative estimate of drug-likeness (QED) is 0.605. The van der Waals surface area contributed by atoms with Crippen LogP contribution in [0, 0.1) is 0 Å². The number of aromatic hydroxyl groups is 1. The minimum absolute atomic E-state index is 0.102. The molecule has 1 atom stereocenters. The lowest BCUT2D eigenvalue weighted by molar-refractivity contribution is -0.123. The molecule has 24 heavy (non-hydrogen) atoms. The van der Waals surface area contributed by atoms with Gasteiger partial charge in [-0.2, -0.15) is 5.10 Å². The van der Waals surface area contributed by atoms with E-state index in [9.17, 15) is 9.90 Å². The summed E-state index contributed by atoms with van der Waals surface area (Å²) >= 11 is 0. The van der Waals surface area contributed by atoms with Crippen LogP contribution in [0.5, 0.6) is 11.5 Å². The number of carbonyl (C=O) groups excluding carboxylic acids is 1. The molecule has 2 aromatic rings. The van der Waals surface area contributed by atoms with Crippen LogP contribution in [0.4, 0.5) is 0 Å². The molecule has 1 amide bonds. The standard InChI is InChI=1S/C19H22N2O3/c1-3-14(2)16-6-10-18(11-7-16)24-13-19(23)21-20-12-15-4-8-17(22)9-5-15/h4-12,14,22H,3,13H2,1-2H3,(H,21,23)/b20-12+. The summed E-state index contributed by atoms with van der Waals surface area (Å²) < 4.78 is 5.44. The molecule has 0 radical (unpaired) electrons. The van der Waals surface area contributed by atoms with E-state index in [1.54, 1.807) is 24.3 Å². The molecule has 0 aliphatic heterocycles. The lowest BCUT2D eigenvalue weighted by atomic mass is 9.99. The second kappa shape index (κ2) is 8.72. The molecule has 0 fully saturated rings. The average Bonchev–Trinajstić information content (AvgIpc) is 2.61. The van der Waals surface area contributed by atoms with Crippen molar-refractivity contribution in [1.29, 1.82) is 0 Å². The van der Waals surface area contributed by atoms with Gasteiger partial charge < -0.3 is 9.84 Å². The Morgan fingerprint density at radius 3 is 2.50 bits per heavy atom. The molecule has 0 aliphatic rings. The first-order valence-corrected chi connectivity index (χ1v) is 7.92.